The van der Waals surface area contributed by atoms with Crippen molar-refractivity contribution in [3.8, 4) is 5.82 Å². The molecule has 0 saturated carbocycles. The van der Waals surface area contributed by atoms with E-state index in [2.05, 4.69) is 20.4 Å². The van der Waals surface area contributed by atoms with Crippen molar-refractivity contribution in [3.05, 3.63) is 36.0 Å². The number of nitrogens with zero attached hydrogens (tertiary/aromatic N) is 4. The first-order valence-corrected chi connectivity index (χ1v) is 5.90. The van der Waals surface area contributed by atoms with E-state index < -0.39 is 0 Å². The summed E-state index contributed by atoms with van der Waals surface area (Å²) in [6.07, 6.45) is 8.69. The number of aromatic nitrogens is 4. The van der Waals surface area contributed by atoms with E-state index in [-0.39, 0.29) is 0 Å². The van der Waals surface area contributed by atoms with E-state index in [9.17, 15) is 0 Å². The van der Waals surface area contributed by atoms with Crippen molar-refractivity contribution >= 4 is 0 Å². The Balaban J connectivity index is 2.06. The van der Waals surface area contributed by atoms with Crippen LogP contribution in [0.25, 0.3) is 5.82 Å². The minimum absolute atomic E-state index is 0.425. The number of fused-ring (bicyclic) bond motifs is 1. The predicted molar refractivity (Wildman–Crippen MR) is 63.9 cm³/mol. The number of rotatable bonds is 2. The van der Waals surface area contributed by atoms with E-state index in [1.807, 2.05) is 24.0 Å². The van der Waals surface area contributed by atoms with Gasteiger partial charge in [0.05, 0.1) is 11.9 Å². The van der Waals surface area contributed by atoms with Gasteiger partial charge in [0, 0.05) is 23.9 Å². The molecule has 2 heterocycles. The van der Waals surface area contributed by atoms with Crippen LogP contribution in [0.4, 0.5) is 0 Å². The fourth-order valence-corrected chi connectivity index (χ4v) is 2.46. The molecule has 0 fully saturated rings. The van der Waals surface area contributed by atoms with Gasteiger partial charge in [0.15, 0.2) is 5.82 Å². The van der Waals surface area contributed by atoms with Crippen molar-refractivity contribution in [2.75, 3.05) is 7.05 Å². The molecule has 1 aliphatic carbocycles. The average Bonchev–Trinajstić information content (AvgIpc) is 2.83. The van der Waals surface area contributed by atoms with Crippen LogP contribution in [-0.4, -0.2) is 26.8 Å². The van der Waals surface area contributed by atoms with Gasteiger partial charge in [-0.05, 0) is 26.3 Å². The molecular weight excluding hydrogens is 214 g/mol. The normalized spacial score (nSPS) is 19.0. The third kappa shape index (κ3) is 1.72. The zero-order valence-electron chi connectivity index (χ0n) is 9.80. The minimum Gasteiger partial charge on any atom is -0.313 e. The molecular formula is C12H15N5. The lowest BCUT2D eigenvalue weighted by Gasteiger charge is -2.22. The Labute approximate surface area is 99.9 Å². The zero-order valence-corrected chi connectivity index (χ0v) is 9.80. The first-order valence-electron chi connectivity index (χ1n) is 5.90. The second kappa shape index (κ2) is 4.25. The Kier molecular flexibility index (Phi) is 2.60. The first kappa shape index (κ1) is 10.4. The molecule has 0 bridgehead atoms. The van der Waals surface area contributed by atoms with Crippen LogP contribution in [0.1, 0.15) is 30.1 Å². The van der Waals surface area contributed by atoms with Crippen molar-refractivity contribution in [1.82, 2.24) is 25.1 Å². The van der Waals surface area contributed by atoms with Gasteiger partial charge >= 0.3 is 0 Å². The van der Waals surface area contributed by atoms with Crippen molar-refractivity contribution in [2.45, 2.75) is 25.3 Å². The molecule has 2 aromatic rings. The van der Waals surface area contributed by atoms with Gasteiger partial charge in [-0.1, -0.05) is 0 Å². The van der Waals surface area contributed by atoms with Gasteiger partial charge in [-0.25, -0.2) is 14.6 Å². The zero-order chi connectivity index (χ0) is 11.7. The van der Waals surface area contributed by atoms with Crippen LogP contribution in [0.15, 0.2) is 24.8 Å². The van der Waals surface area contributed by atoms with Crippen molar-refractivity contribution in [2.24, 2.45) is 0 Å². The van der Waals surface area contributed by atoms with Crippen molar-refractivity contribution in [3.63, 3.8) is 0 Å². The Morgan fingerprint density at radius 2 is 2.41 bits per heavy atom. The Hall–Kier alpha value is -1.75. The van der Waals surface area contributed by atoms with Gasteiger partial charge in [0.25, 0.3) is 0 Å². The van der Waals surface area contributed by atoms with E-state index in [0.29, 0.717) is 6.04 Å². The average molecular weight is 229 g/mol. The summed E-state index contributed by atoms with van der Waals surface area (Å²) in [6.45, 7) is 0. The van der Waals surface area contributed by atoms with E-state index >= 15 is 0 Å². The number of hydrogen-bond acceptors (Lipinski definition) is 4. The largest absolute Gasteiger partial charge is 0.313 e. The SMILES string of the molecule is CNC1CCCc2c1cnn2-c1ccncn1. The molecule has 1 unspecified atom stereocenters. The quantitative estimate of drug-likeness (QED) is 0.842. The van der Waals surface area contributed by atoms with Gasteiger partial charge in [-0.3, -0.25) is 0 Å². The smallest absolute Gasteiger partial charge is 0.156 e. The molecule has 0 saturated heterocycles. The molecule has 0 aliphatic heterocycles. The van der Waals surface area contributed by atoms with Gasteiger partial charge in [-0.2, -0.15) is 5.10 Å². The maximum Gasteiger partial charge on any atom is 0.156 e. The summed E-state index contributed by atoms with van der Waals surface area (Å²) >= 11 is 0. The van der Waals surface area contributed by atoms with Gasteiger partial charge in [0.2, 0.25) is 0 Å². The molecule has 1 aliphatic rings. The molecule has 5 heteroatoms. The highest BCUT2D eigenvalue weighted by atomic mass is 15.3. The topological polar surface area (TPSA) is 55.6 Å². The predicted octanol–water partition coefficient (Wildman–Crippen LogP) is 1.26. The number of hydrogen-bond donors (Lipinski definition) is 1. The third-order valence-electron chi connectivity index (χ3n) is 3.31. The fraction of sp³-hybridized carbons (Fsp3) is 0.417. The molecule has 2 aromatic heterocycles. The monoisotopic (exact) mass is 229 g/mol. The van der Waals surface area contributed by atoms with E-state index in [1.165, 1.54) is 24.1 Å². The van der Waals surface area contributed by atoms with Crippen LogP contribution in [-0.2, 0) is 6.42 Å². The van der Waals surface area contributed by atoms with Gasteiger partial charge in [-0.15, -0.1) is 0 Å². The maximum atomic E-state index is 4.45. The lowest BCUT2D eigenvalue weighted by Crippen LogP contribution is -2.21. The summed E-state index contributed by atoms with van der Waals surface area (Å²) in [4.78, 5) is 8.18. The molecule has 5 nitrogen and oxygen atoms in total. The lowest BCUT2D eigenvalue weighted by atomic mass is 9.93. The summed E-state index contributed by atoms with van der Waals surface area (Å²) in [5, 5.41) is 7.79. The second-order valence-corrected chi connectivity index (χ2v) is 4.26. The van der Waals surface area contributed by atoms with Crippen LogP contribution in [0, 0.1) is 0 Å². The molecule has 0 radical (unpaired) electrons. The van der Waals surface area contributed by atoms with Crippen LogP contribution >= 0.6 is 0 Å². The standard InChI is InChI=1S/C12H15N5/c1-13-10-3-2-4-11-9(10)7-16-17(11)12-5-6-14-8-15-12/h5-8,10,13H,2-4H2,1H3. The molecule has 0 amide bonds. The van der Waals surface area contributed by atoms with Crippen LogP contribution in [0.3, 0.4) is 0 Å². The van der Waals surface area contributed by atoms with Crippen molar-refractivity contribution in [1.29, 1.82) is 0 Å². The lowest BCUT2D eigenvalue weighted by molar-refractivity contribution is 0.489. The molecule has 3 rings (SSSR count). The molecule has 1 atom stereocenters. The molecule has 1 N–H and O–H groups in total. The van der Waals surface area contributed by atoms with Crippen LogP contribution in [0.2, 0.25) is 0 Å². The highest BCUT2D eigenvalue weighted by molar-refractivity contribution is 5.31. The summed E-state index contributed by atoms with van der Waals surface area (Å²) in [7, 11) is 2.00. The number of nitrogens with one attached hydrogen (secondary N) is 1. The Bertz CT molecular complexity index is 505. The molecule has 0 aromatic carbocycles. The van der Waals surface area contributed by atoms with E-state index in [4.69, 9.17) is 0 Å². The van der Waals surface area contributed by atoms with Crippen molar-refractivity contribution < 1.29 is 0 Å². The van der Waals surface area contributed by atoms with E-state index in [0.717, 1.165) is 12.2 Å². The third-order valence-corrected chi connectivity index (χ3v) is 3.31. The van der Waals surface area contributed by atoms with Gasteiger partial charge in [0.1, 0.15) is 6.33 Å². The van der Waals surface area contributed by atoms with Gasteiger partial charge < -0.3 is 5.32 Å². The van der Waals surface area contributed by atoms with Crippen LogP contribution in [0.5, 0.6) is 0 Å². The Morgan fingerprint density at radius 3 is 3.18 bits per heavy atom. The Morgan fingerprint density at radius 1 is 1.47 bits per heavy atom. The maximum absolute atomic E-state index is 4.45. The minimum atomic E-state index is 0.425. The summed E-state index contributed by atoms with van der Waals surface area (Å²) < 4.78 is 1.93. The van der Waals surface area contributed by atoms with E-state index in [1.54, 1.807) is 12.5 Å². The summed E-state index contributed by atoms with van der Waals surface area (Å²) in [5.74, 6) is 0.845. The highest BCUT2D eigenvalue weighted by Gasteiger charge is 2.23. The molecule has 17 heavy (non-hydrogen) atoms. The second-order valence-electron chi connectivity index (χ2n) is 4.26. The summed E-state index contributed by atoms with van der Waals surface area (Å²) in [6, 6.07) is 2.31. The first-order chi connectivity index (χ1) is 8.40. The highest BCUT2D eigenvalue weighted by Crippen LogP contribution is 2.30. The van der Waals surface area contributed by atoms with Crippen LogP contribution < -0.4 is 5.32 Å². The molecule has 88 valence electrons. The summed E-state index contributed by atoms with van der Waals surface area (Å²) in [5.41, 5.74) is 2.58. The molecule has 0 spiro atoms. The fourth-order valence-electron chi connectivity index (χ4n) is 2.46.